The molecule has 1 aromatic carbocycles. The van der Waals surface area contributed by atoms with Gasteiger partial charge in [-0.25, -0.2) is 0 Å². The average molecular weight is 288 g/mol. The molecular formula is C10H9IO2. The zero-order valence-corrected chi connectivity index (χ0v) is 9.15. The van der Waals surface area contributed by atoms with Crippen molar-refractivity contribution in [3.05, 3.63) is 40.0 Å². The van der Waals surface area contributed by atoms with Gasteiger partial charge in [0.2, 0.25) is 0 Å². The Morgan fingerprint density at radius 3 is 2.92 bits per heavy atom. The van der Waals surface area contributed by atoms with Crippen molar-refractivity contribution in [3.63, 3.8) is 0 Å². The molecule has 0 aromatic heterocycles. The quantitative estimate of drug-likeness (QED) is 0.484. The first-order chi connectivity index (χ1) is 6.27. The van der Waals surface area contributed by atoms with E-state index >= 15 is 0 Å². The van der Waals surface area contributed by atoms with Gasteiger partial charge >= 0.3 is 0 Å². The SMILES string of the molecule is C=CCOc1cc(I)ccc1C=O. The van der Waals surface area contributed by atoms with E-state index in [4.69, 9.17) is 4.74 Å². The van der Waals surface area contributed by atoms with Crippen LogP contribution in [0, 0.1) is 3.57 Å². The van der Waals surface area contributed by atoms with Crippen molar-refractivity contribution in [1.29, 1.82) is 0 Å². The number of benzene rings is 1. The Kier molecular flexibility index (Phi) is 3.95. The second-order valence-corrected chi connectivity index (χ2v) is 3.65. The summed E-state index contributed by atoms with van der Waals surface area (Å²) >= 11 is 2.17. The number of hydrogen-bond acceptors (Lipinski definition) is 2. The highest BCUT2D eigenvalue weighted by Gasteiger charge is 2.01. The number of ether oxygens (including phenoxy) is 1. The second kappa shape index (κ2) is 5.01. The molecular weight excluding hydrogens is 279 g/mol. The molecule has 0 saturated heterocycles. The average Bonchev–Trinajstić information content (AvgIpc) is 2.15. The first kappa shape index (κ1) is 10.2. The van der Waals surface area contributed by atoms with Crippen molar-refractivity contribution in [3.8, 4) is 5.75 Å². The summed E-state index contributed by atoms with van der Waals surface area (Å²) in [7, 11) is 0. The zero-order valence-electron chi connectivity index (χ0n) is 7.00. The molecule has 0 radical (unpaired) electrons. The topological polar surface area (TPSA) is 26.3 Å². The van der Waals surface area contributed by atoms with Gasteiger partial charge in [0, 0.05) is 3.57 Å². The van der Waals surface area contributed by atoms with Crippen LogP contribution < -0.4 is 4.74 Å². The van der Waals surface area contributed by atoms with Crippen LogP contribution >= 0.6 is 22.6 Å². The molecule has 0 bridgehead atoms. The Morgan fingerprint density at radius 1 is 1.54 bits per heavy atom. The van der Waals surface area contributed by atoms with E-state index in [-0.39, 0.29) is 0 Å². The van der Waals surface area contributed by atoms with Crippen LogP contribution in [0.3, 0.4) is 0 Å². The molecule has 0 aliphatic rings. The number of rotatable bonds is 4. The van der Waals surface area contributed by atoms with Crippen molar-refractivity contribution < 1.29 is 9.53 Å². The van der Waals surface area contributed by atoms with E-state index in [0.717, 1.165) is 9.86 Å². The second-order valence-electron chi connectivity index (χ2n) is 2.40. The molecule has 1 rings (SSSR count). The van der Waals surface area contributed by atoms with E-state index < -0.39 is 0 Å². The lowest BCUT2D eigenvalue weighted by atomic mass is 10.2. The van der Waals surface area contributed by atoms with Gasteiger partial charge in [-0.3, -0.25) is 4.79 Å². The highest BCUT2D eigenvalue weighted by Crippen LogP contribution is 2.19. The Bertz CT molecular complexity index is 321. The summed E-state index contributed by atoms with van der Waals surface area (Å²) in [5.74, 6) is 0.613. The maximum Gasteiger partial charge on any atom is 0.153 e. The van der Waals surface area contributed by atoms with E-state index in [0.29, 0.717) is 17.9 Å². The molecule has 0 unspecified atom stereocenters. The smallest absolute Gasteiger partial charge is 0.153 e. The lowest BCUT2D eigenvalue weighted by Gasteiger charge is -2.05. The van der Waals surface area contributed by atoms with Crippen LogP contribution in [0.4, 0.5) is 0 Å². The zero-order chi connectivity index (χ0) is 9.68. The van der Waals surface area contributed by atoms with Crippen LogP contribution in [0.2, 0.25) is 0 Å². The van der Waals surface area contributed by atoms with E-state index in [1.807, 2.05) is 12.1 Å². The molecule has 1 aromatic rings. The van der Waals surface area contributed by atoms with Crippen LogP contribution in [0.25, 0.3) is 0 Å². The predicted octanol–water partition coefficient (Wildman–Crippen LogP) is 2.67. The third kappa shape index (κ3) is 2.84. The van der Waals surface area contributed by atoms with Gasteiger partial charge in [-0.05, 0) is 40.8 Å². The van der Waals surface area contributed by atoms with Gasteiger partial charge in [-0.2, -0.15) is 0 Å². The molecule has 0 N–H and O–H groups in total. The molecule has 0 spiro atoms. The summed E-state index contributed by atoms with van der Waals surface area (Å²) < 4.78 is 6.35. The summed E-state index contributed by atoms with van der Waals surface area (Å²) in [6, 6.07) is 5.44. The fourth-order valence-corrected chi connectivity index (χ4v) is 1.34. The minimum absolute atomic E-state index is 0.418. The number of halogens is 1. The third-order valence-corrected chi connectivity index (χ3v) is 2.13. The fourth-order valence-electron chi connectivity index (χ4n) is 0.879. The molecule has 0 aliphatic heterocycles. The molecule has 0 heterocycles. The highest BCUT2D eigenvalue weighted by molar-refractivity contribution is 14.1. The summed E-state index contributed by atoms with van der Waals surface area (Å²) in [6.45, 7) is 3.96. The maximum absolute atomic E-state index is 10.6. The van der Waals surface area contributed by atoms with Crippen molar-refractivity contribution in [1.82, 2.24) is 0 Å². The van der Waals surface area contributed by atoms with Gasteiger partial charge in [0.05, 0.1) is 5.56 Å². The van der Waals surface area contributed by atoms with E-state index in [1.165, 1.54) is 0 Å². The number of carbonyl (C=O) groups is 1. The van der Waals surface area contributed by atoms with Gasteiger partial charge in [0.15, 0.2) is 6.29 Å². The van der Waals surface area contributed by atoms with Gasteiger partial charge in [-0.1, -0.05) is 12.7 Å². The minimum Gasteiger partial charge on any atom is -0.489 e. The van der Waals surface area contributed by atoms with Crippen LogP contribution in [-0.2, 0) is 0 Å². The van der Waals surface area contributed by atoms with Gasteiger partial charge < -0.3 is 4.74 Å². The summed E-state index contributed by atoms with van der Waals surface area (Å²) in [6.07, 6.45) is 2.43. The third-order valence-electron chi connectivity index (χ3n) is 1.46. The normalized spacial score (nSPS) is 9.31. The lowest BCUT2D eigenvalue weighted by Crippen LogP contribution is -1.97. The number of hydrogen-bond donors (Lipinski definition) is 0. The Labute approximate surface area is 90.7 Å². The molecule has 0 amide bonds. The summed E-state index contributed by atoms with van der Waals surface area (Å²) in [4.78, 5) is 10.6. The largest absolute Gasteiger partial charge is 0.489 e. The lowest BCUT2D eigenvalue weighted by molar-refractivity contribution is 0.112. The highest BCUT2D eigenvalue weighted by atomic mass is 127. The minimum atomic E-state index is 0.418. The van der Waals surface area contributed by atoms with Crippen LogP contribution in [-0.4, -0.2) is 12.9 Å². The van der Waals surface area contributed by atoms with Crippen LogP contribution in [0.15, 0.2) is 30.9 Å². The monoisotopic (exact) mass is 288 g/mol. The fraction of sp³-hybridized carbons (Fsp3) is 0.100. The Morgan fingerprint density at radius 2 is 2.31 bits per heavy atom. The van der Waals surface area contributed by atoms with E-state index in [1.54, 1.807) is 12.1 Å². The van der Waals surface area contributed by atoms with Gasteiger partial charge in [0.25, 0.3) is 0 Å². The molecule has 2 nitrogen and oxygen atoms in total. The van der Waals surface area contributed by atoms with Crippen LogP contribution in [0.5, 0.6) is 5.75 Å². The van der Waals surface area contributed by atoms with Gasteiger partial charge in [0.1, 0.15) is 12.4 Å². The standard InChI is InChI=1S/C10H9IO2/c1-2-5-13-10-6-9(11)4-3-8(10)7-12/h2-4,6-7H,1,5H2. The van der Waals surface area contributed by atoms with E-state index in [9.17, 15) is 4.79 Å². The van der Waals surface area contributed by atoms with E-state index in [2.05, 4.69) is 29.2 Å². The number of carbonyl (C=O) groups excluding carboxylic acids is 1. The molecule has 0 aliphatic carbocycles. The molecule has 0 atom stereocenters. The molecule has 68 valence electrons. The van der Waals surface area contributed by atoms with Gasteiger partial charge in [-0.15, -0.1) is 0 Å². The van der Waals surface area contributed by atoms with Crippen LogP contribution in [0.1, 0.15) is 10.4 Å². The first-order valence-corrected chi connectivity index (χ1v) is 4.84. The Hall–Kier alpha value is -0.840. The van der Waals surface area contributed by atoms with Crippen molar-refractivity contribution in [2.45, 2.75) is 0 Å². The summed E-state index contributed by atoms with van der Waals surface area (Å²) in [5, 5.41) is 0. The summed E-state index contributed by atoms with van der Waals surface area (Å²) in [5.41, 5.74) is 0.572. The predicted molar refractivity (Wildman–Crippen MR) is 60.2 cm³/mol. The number of aldehydes is 1. The first-order valence-electron chi connectivity index (χ1n) is 3.76. The molecule has 3 heteroatoms. The van der Waals surface area contributed by atoms with Crippen molar-refractivity contribution >= 4 is 28.9 Å². The molecule has 0 fully saturated rings. The molecule has 13 heavy (non-hydrogen) atoms. The maximum atomic E-state index is 10.6. The molecule has 0 saturated carbocycles. The Balaban J connectivity index is 2.93. The van der Waals surface area contributed by atoms with Crippen molar-refractivity contribution in [2.75, 3.05) is 6.61 Å². The van der Waals surface area contributed by atoms with Crippen molar-refractivity contribution in [2.24, 2.45) is 0 Å².